The summed E-state index contributed by atoms with van der Waals surface area (Å²) in [5, 5.41) is 13.2. The van der Waals surface area contributed by atoms with Gasteiger partial charge in [0.25, 0.3) is 8.32 Å². The molecule has 2 nitrogen and oxygen atoms in total. The molecular formula is C26H42O2Si2. The molecule has 0 aliphatic heterocycles. The lowest BCUT2D eigenvalue weighted by molar-refractivity contribution is 0.130. The van der Waals surface area contributed by atoms with Crippen molar-refractivity contribution in [3.05, 3.63) is 60.7 Å². The summed E-state index contributed by atoms with van der Waals surface area (Å²) in [6, 6.07) is 21.7. The van der Waals surface area contributed by atoms with E-state index in [9.17, 15) is 5.11 Å². The Morgan fingerprint density at radius 3 is 1.47 bits per heavy atom. The third kappa shape index (κ3) is 4.99. The highest BCUT2D eigenvalue weighted by Gasteiger charge is 2.54. The number of hydrogen-bond donors (Lipinski definition) is 1. The fourth-order valence-corrected chi connectivity index (χ4v) is 12.3. The van der Waals surface area contributed by atoms with E-state index in [1.807, 2.05) is 6.92 Å². The van der Waals surface area contributed by atoms with Crippen LogP contribution in [0.4, 0.5) is 0 Å². The van der Waals surface area contributed by atoms with Gasteiger partial charge in [-0.15, -0.1) is 0 Å². The van der Waals surface area contributed by atoms with Gasteiger partial charge in [0.2, 0.25) is 0 Å². The zero-order chi connectivity index (χ0) is 22.8. The molecule has 166 valence electrons. The standard InChI is InChI=1S/C26H42O2Si2/c1-21(27)20-24(29(8,9)25(2,3)4)28-30(26(5,6)7,22-16-12-10-13-17-22)23-18-14-11-15-19-23/h10-19,21,24,27H,20H2,1-9H3/t21-,24+/m1/s1. The lowest BCUT2D eigenvalue weighted by Gasteiger charge is -2.51. The summed E-state index contributed by atoms with van der Waals surface area (Å²) in [5.74, 6) is 0. The first-order valence-corrected chi connectivity index (χ1v) is 16.2. The van der Waals surface area contributed by atoms with Gasteiger partial charge in [0.15, 0.2) is 0 Å². The maximum atomic E-state index is 10.5. The van der Waals surface area contributed by atoms with Crippen LogP contribution in [-0.4, -0.2) is 33.3 Å². The zero-order valence-corrected chi connectivity index (χ0v) is 22.5. The van der Waals surface area contributed by atoms with Gasteiger partial charge in [-0.25, -0.2) is 0 Å². The second kappa shape index (κ2) is 9.11. The molecule has 30 heavy (non-hydrogen) atoms. The highest BCUT2D eigenvalue weighted by Crippen LogP contribution is 2.44. The predicted octanol–water partition coefficient (Wildman–Crippen LogP) is 5.75. The Bertz CT molecular complexity index is 748. The van der Waals surface area contributed by atoms with Gasteiger partial charge in [-0.05, 0) is 33.8 Å². The Morgan fingerprint density at radius 2 is 1.17 bits per heavy atom. The number of aliphatic hydroxyl groups is 1. The molecule has 0 spiro atoms. The topological polar surface area (TPSA) is 29.5 Å². The van der Waals surface area contributed by atoms with Crippen LogP contribution in [0.2, 0.25) is 23.2 Å². The van der Waals surface area contributed by atoms with Crippen molar-refractivity contribution >= 4 is 26.8 Å². The average molecular weight is 443 g/mol. The van der Waals surface area contributed by atoms with Crippen molar-refractivity contribution in [2.24, 2.45) is 0 Å². The van der Waals surface area contributed by atoms with Crippen molar-refractivity contribution in [3.8, 4) is 0 Å². The number of aliphatic hydroxyl groups excluding tert-OH is 1. The molecule has 0 aliphatic rings. The molecule has 0 aliphatic carbocycles. The van der Waals surface area contributed by atoms with E-state index in [2.05, 4.69) is 115 Å². The van der Waals surface area contributed by atoms with Gasteiger partial charge >= 0.3 is 0 Å². The minimum atomic E-state index is -2.64. The van der Waals surface area contributed by atoms with Crippen LogP contribution in [-0.2, 0) is 4.43 Å². The van der Waals surface area contributed by atoms with Gasteiger partial charge in [0, 0.05) is 5.73 Å². The van der Waals surface area contributed by atoms with Crippen molar-refractivity contribution in [1.82, 2.24) is 0 Å². The predicted molar refractivity (Wildman–Crippen MR) is 136 cm³/mol. The summed E-state index contributed by atoms with van der Waals surface area (Å²) < 4.78 is 7.52. The van der Waals surface area contributed by atoms with Gasteiger partial charge in [0.05, 0.1) is 14.2 Å². The van der Waals surface area contributed by atoms with E-state index in [1.165, 1.54) is 10.4 Å². The Morgan fingerprint density at radius 1 is 0.767 bits per heavy atom. The summed E-state index contributed by atoms with van der Waals surface area (Å²) in [6.45, 7) is 20.7. The highest BCUT2D eigenvalue weighted by molar-refractivity contribution is 7.00. The van der Waals surface area contributed by atoms with E-state index < -0.39 is 16.4 Å². The molecule has 0 saturated carbocycles. The van der Waals surface area contributed by atoms with Gasteiger partial charge < -0.3 is 9.53 Å². The van der Waals surface area contributed by atoms with Crippen LogP contribution < -0.4 is 10.4 Å². The molecule has 0 saturated heterocycles. The van der Waals surface area contributed by atoms with Crippen molar-refractivity contribution in [3.63, 3.8) is 0 Å². The summed E-state index contributed by atoms with van der Waals surface area (Å²) in [5.41, 5.74) is 0.0591. The second-order valence-electron chi connectivity index (χ2n) is 11.3. The first kappa shape index (κ1) is 25.1. The zero-order valence-electron chi connectivity index (χ0n) is 20.5. The molecule has 0 unspecified atom stereocenters. The van der Waals surface area contributed by atoms with Gasteiger partial charge in [0.1, 0.15) is 0 Å². The van der Waals surface area contributed by atoms with Crippen LogP contribution in [0.5, 0.6) is 0 Å². The Kier molecular flexibility index (Phi) is 7.61. The Balaban J connectivity index is 2.78. The van der Waals surface area contributed by atoms with E-state index in [0.717, 1.165) is 0 Å². The van der Waals surface area contributed by atoms with Crippen molar-refractivity contribution in [1.29, 1.82) is 0 Å². The van der Waals surface area contributed by atoms with E-state index in [0.29, 0.717) is 6.42 Å². The minimum absolute atomic E-state index is 0.0591. The molecule has 0 heterocycles. The number of hydrogen-bond acceptors (Lipinski definition) is 2. The SMILES string of the molecule is C[C@@H](O)C[C@@H](O[Si](c1ccccc1)(c1ccccc1)C(C)(C)C)[Si](C)(C)C(C)(C)C. The summed E-state index contributed by atoms with van der Waals surface area (Å²) in [7, 11) is -4.54. The van der Waals surface area contributed by atoms with Gasteiger partial charge in [-0.2, -0.15) is 0 Å². The summed E-state index contributed by atoms with van der Waals surface area (Å²) in [6.07, 6.45) is 0.295. The monoisotopic (exact) mass is 442 g/mol. The molecule has 2 aromatic rings. The molecule has 4 heteroatoms. The van der Waals surface area contributed by atoms with Crippen LogP contribution in [0, 0.1) is 0 Å². The van der Waals surface area contributed by atoms with E-state index in [1.54, 1.807) is 0 Å². The fraction of sp³-hybridized carbons (Fsp3) is 0.538. The highest BCUT2D eigenvalue weighted by atomic mass is 28.4. The van der Waals surface area contributed by atoms with Gasteiger partial charge in [-0.3, -0.25) is 0 Å². The second-order valence-corrected chi connectivity index (χ2v) is 21.2. The summed E-state index contributed by atoms with van der Waals surface area (Å²) in [4.78, 5) is 0. The largest absolute Gasteiger partial charge is 0.407 e. The number of benzene rings is 2. The quantitative estimate of drug-likeness (QED) is 0.553. The first-order valence-electron chi connectivity index (χ1n) is 11.2. The van der Waals surface area contributed by atoms with Crippen LogP contribution in [0.25, 0.3) is 0 Å². The molecule has 0 aromatic heterocycles. The third-order valence-electron chi connectivity index (χ3n) is 7.03. The van der Waals surface area contributed by atoms with Crippen LogP contribution in [0.3, 0.4) is 0 Å². The molecule has 2 atom stereocenters. The first-order chi connectivity index (χ1) is 13.7. The van der Waals surface area contributed by atoms with Crippen LogP contribution in [0.1, 0.15) is 54.9 Å². The van der Waals surface area contributed by atoms with E-state index >= 15 is 0 Å². The normalized spacial score (nSPS) is 15.7. The molecule has 0 radical (unpaired) electrons. The van der Waals surface area contributed by atoms with E-state index in [-0.39, 0.29) is 21.9 Å². The molecule has 2 aromatic carbocycles. The Labute approximate surface area is 186 Å². The van der Waals surface area contributed by atoms with Crippen molar-refractivity contribution < 1.29 is 9.53 Å². The Hall–Kier alpha value is -1.21. The molecule has 2 rings (SSSR count). The van der Waals surface area contributed by atoms with Crippen LogP contribution >= 0.6 is 0 Å². The average Bonchev–Trinajstić information content (AvgIpc) is 2.64. The van der Waals surface area contributed by atoms with Gasteiger partial charge in [-0.1, -0.05) is 115 Å². The molecule has 1 N–H and O–H groups in total. The molecular weight excluding hydrogens is 400 g/mol. The molecule has 0 bridgehead atoms. The minimum Gasteiger partial charge on any atom is -0.407 e. The lowest BCUT2D eigenvalue weighted by atomic mass is 10.2. The smallest absolute Gasteiger partial charge is 0.260 e. The maximum absolute atomic E-state index is 10.5. The molecule has 0 amide bonds. The maximum Gasteiger partial charge on any atom is 0.260 e. The molecule has 0 fully saturated rings. The van der Waals surface area contributed by atoms with Crippen molar-refractivity contribution in [2.45, 2.75) is 89.9 Å². The van der Waals surface area contributed by atoms with Crippen LogP contribution in [0.15, 0.2) is 60.7 Å². The van der Waals surface area contributed by atoms with E-state index in [4.69, 9.17) is 4.43 Å². The fourth-order valence-electron chi connectivity index (χ4n) is 4.19. The van der Waals surface area contributed by atoms with Crippen molar-refractivity contribution in [2.75, 3.05) is 0 Å². The lowest BCUT2D eigenvalue weighted by Crippen LogP contribution is -2.70. The number of rotatable bonds is 7. The summed E-state index contributed by atoms with van der Waals surface area (Å²) >= 11 is 0. The third-order valence-corrected chi connectivity index (χ3v) is 18.1.